The molecule has 0 spiro atoms. The van der Waals surface area contributed by atoms with Crippen molar-refractivity contribution in [2.75, 3.05) is 20.1 Å². The van der Waals surface area contributed by atoms with Gasteiger partial charge in [0.25, 0.3) is 0 Å². The molecule has 1 aromatic rings. The fourth-order valence-electron chi connectivity index (χ4n) is 3.79. The van der Waals surface area contributed by atoms with Crippen molar-refractivity contribution in [3.05, 3.63) is 35.4 Å². The number of carbonyl (C=O) groups is 1. The molecule has 116 valence electrons. The molecule has 1 aromatic carbocycles. The first-order valence-electron chi connectivity index (χ1n) is 8.19. The molecule has 3 nitrogen and oxygen atoms in total. The van der Waals surface area contributed by atoms with Crippen molar-refractivity contribution in [2.24, 2.45) is 11.7 Å². The molecule has 1 atom stereocenters. The van der Waals surface area contributed by atoms with Gasteiger partial charge in [0, 0.05) is 19.1 Å². The average Bonchev–Trinajstić information content (AvgIpc) is 2.56. The summed E-state index contributed by atoms with van der Waals surface area (Å²) in [7, 11) is 2.31. The molecular weight excluding hydrogens is 260 g/mol. The van der Waals surface area contributed by atoms with Gasteiger partial charge in [-0.3, -0.25) is 4.90 Å². The zero-order valence-electron chi connectivity index (χ0n) is 13.1. The second-order valence-electron chi connectivity index (χ2n) is 6.17. The predicted octanol–water partition coefficient (Wildman–Crippen LogP) is 2.94. The predicted molar refractivity (Wildman–Crippen MR) is 87.2 cm³/mol. The van der Waals surface area contributed by atoms with Crippen LogP contribution >= 0.6 is 0 Å². The SMILES string of the molecule is CN1CCc2ccccc2C1C1CCCCC1.NCC=O. The van der Waals surface area contributed by atoms with E-state index in [9.17, 15) is 0 Å². The Morgan fingerprint density at radius 1 is 1.24 bits per heavy atom. The Balaban J connectivity index is 0.000000361. The molecule has 1 heterocycles. The van der Waals surface area contributed by atoms with Gasteiger partial charge >= 0.3 is 0 Å². The second-order valence-corrected chi connectivity index (χ2v) is 6.17. The van der Waals surface area contributed by atoms with Crippen LogP contribution in [0.15, 0.2) is 24.3 Å². The highest BCUT2D eigenvalue weighted by Gasteiger charge is 2.31. The van der Waals surface area contributed by atoms with Crippen molar-refractivity contribution in [1.29, 1.82) is 0 Å². The number of rotatable bonds is 2. The van der Waals surface area contributed by atoms with E-state index in [1.807, 2.05) is 0 Å². The molecule has 0 bridgehead atoms. The number of aldehydes is 1. The molecule has 3 rings (SSSR count). The molecule has 21 heavy (non-hydrogen) atoms. The van der Waals surface area contributed by atoms with Crippen molar-refractivity contribution in [1.82, 2.24) is 4.90 Å². The highest BCUT2D eigenvalue weighted by atomic mass is 16.1. The Hall–Kier alpha value is -1.19. The number of benzene rings is 1. The maximum absolute atomic E-state index is 9.05. The molecule has 1 fully saturated rings. The highest BCUT2D eigenvalue weighted by molar-refractivity contribution is 5.51. The Labute approximate surface area is 128 Å². The summed E-state index contributed by atoms with van der Waals surface area (Å²) in [5.41, 5.74) is 7.88. The van der Waals surface area contributed by atoms with Crippen LogP contribution in [0.1, 0.15) is 49.3 Å². The number of nitrogens with zero attached hydrogens (tertiary/aromatic N) is 1. The van der Waals surface area contributed by atoms with Gasteiger partial charge in [-0.15, -0.1) is 0 Å². The lowest BCUT2D eigenvalue weighted by atomic mass is 9.77. The van der Waals surface area contributed by atoms with E-state index in [1.54, 1.807) is 11.1 Å². The molecule has 0 saturated heterocycles. The minimum atomic E-state index is 0.139. The van der Waals surface area contributed by atoms with Gasteiger partial charge in [-0.1, -0.05) is 43.5 Å². The molecule has 3 heteroatoms. The summed E-state index contributed by atoms with van der Waals surface area (Å²) in [6.07, 6.45) is 9.09. The topological polar surface area (TPSA) is 46.3 Å². The lowest BCUT2D eigenvalue weighted by Crippen LogP contribution is -2.37. The first-order valence-corrected chi connectivity index (χ1v) is 8.19. The highest BCUT2D eigenvalue weighted by Crippen LogP contribution is 2.40. The van der Waals surface area contributed by atoms with Crippen LogP contribution in [0.25, 0.3) is 0 Å². The van der Waals surface area contributed by atoms with Crippen molar-refractivity contribution < 1.29 is 4.79 Å². The van der Waals surface area contributed by atoms with Crippen LogP contribution < -0.4 is 5.73 Å². The third-order valence-corrected chi connectivity index (χ3v) is 4.78. The lowest BCUT2D eigenvalue weighted by molar-refractivity contribution is -0.106. The Bertz CT molecular complexity index is 441. The van der Waals surface area contributed by atoms with Gasteiger partial charge < -0.3 is 10.5 Å². The fourth-order valence-corrected chi connectivity index (χ4v) is 3.79. The zero-order chi connectivity index (χ0) is 15.1. The molecule has 2 aliphatic rings. The monoisotopic (exact) mass is 288 g/mol. The van der Waals surface area contributed by atoms with Gasteiger partial charge in [0.1, 0.15) is 6.29 Å². The van der Waals surface area contributed by atoms with Gasteiger partial charge in [-0.25, -0.2) is 0 Å². The summed E-state index contributed by atoms with van der Waals surface area (Å²) in [4.78, 5) is 11.6. The van der Waals surface area contributed by atoms with E-state index in [0.29, 0.717) is 12.3 Å². The quantitative estimate of drug-likeness (QED) is 0.851. The second kappa shape index (κ2) is 8.30. The van der Waals surface area contributed by atoms with E-state index in [0.717, 1.165) is 5.92 Å². The smallest absolute Gasteiger partial charge is 0.133 e. The summed E-state index contributed by atoms with van der Waals surface area (Å²) in [6.45, 7) is 1.37. The standard InChI is InChI=1S/C16H23N.C2H5NO/c1-17-12-11-13-7-5-6-10-15(13)16(17)14-8-3-2-4-9-14;3-1-2-4/h5-7,10,14,16H,2-4,8-9,11-12H2,1H3;2H,1,3H2. The molecule has 1 unspecified atom stereocenters. The minimum absolute atomic E-state index is 0.139. The van der Waals surface area contributed by atoms with Crippen LogP contribution in [-0.2, 0) is 11.2 Å². The third kappa shape index (κ3) is 4.14. The van der Waals surface area contributed by atoms with Gasteiger partial charge in [0.2, 0.25) is 0 Å². The maximum atomic E-state index is 9.05. The number of hydrogen-bond donors (Lipinski definition) is 1. The zero-order valence-corrected chi connectivity index (χ0v) is 13.1. The molecule has 0 aromatic heterocycles. The molecule has 0 amide bonds. The van der Waals surface area contributed by atoms with E-state index >= 15 is 0 Å². The van der Waals surface area contributed by atoms with Crippen molar-refractivity contribution in [3.8, 4) is 0 Å². The van der Waals surface area contributed by atoms with Gasteiger partial charge in [0.05, 0.1) is 0 Å². The van der Waals surface area contributed by atoms with Crippen LogP contribution in [0.2, 0.25) is 0 Å². The third-order valence-electron chi connectivity index (χ3n) is 4.78. The largest absolute Gasteiger partial charge is 0.324 e. The average molecular weight is 288 g/mol. The summed E-state index contributed by atoms with van der Waals surface area (Å²) in [6, 6.07) is 9.80. The van der Waals surface area contributed by atoms with Gasteiger partial charge in [0.15, 0.2) is 0 Å². The van der Waals surface area contributed by atoms with Crippen LogP contribution in [0.5, 0.6) is 0 Å². The Morgan fingerprint density at radius 2 is 1.90 bits per heavy atom. The van der Waals surface area contributed by atoms with E-state index in [-0.39, 0.29) is 6.54 Å². The van der Waals surface area contributed by atoms with Crippen molar-refractivity contribution >= 4 is 6.29 Å². The van der Waals surface area contributed by atoms with Gasteiger partial charge in [-0.2, -0.15) is 0 Å². The summed E-state index contributed by atoms with van der Waals surface area (Å²) in [5.74, 6) is 0.898. The van der Waals surface area contributed by atoms with E-state index in [1.165, 1.54) is 45.1 Å². The molecule has 2 N–H and O–H groups in total. The molecule has 1 saturated carbocycles. The Morgan fingerprint density at radius 3 is 2.57 bits per heavy atom. The first kappa shape index (κ1) is 16.2. The number of likely N-dealkylation sites (N-methyl/N-ethyl adjacent to an activating group) is 1. The molecular formula is C18H28N2O. The van der Waals surface area contributed by atoms with Crippen LogP contribution in [0, 0.1) is 5.92 Å². The molecule has 0 radical (unpaired) electrons. The van der Waals surface area contributed by atoms with Crippen LogP contribution in [0.3, 0.4) is 0 Å². The van der Waals surface area contributed by atoms with Crippen molar-refractivity contribution in [2.45, 2.75) is 44.6 Å². The van der Waals surface area contributed by atoms with E-state index < -0.39 is 0 Å². The first-order chi connectivity index (χ1) is 10.3. The summed E-state index contributed by atoms with van der Waals surface area (Å²) >= 11 is 0. The van der Waals surface area contributed by atoms with E-state index in [4.69, 9.17) is 4.79 Å². The minimum Gasteiger partial charge on any atom is -0.324 e. The van der Waals surface area contributed by atoms with Crippen molar-refractivity contribution in [3.63, 3.8) is 0 Å². The maximum Gasteiger partial charge on any atom is 0.133 e. The van der Waals surface area contributed by atoms with Crippen LogP contribution in [-0.4, -0.2) is 31.3 Å². The molecule has 1 aliphatic heterocycles. The number of hydrogen-bond acceptors (Lipinski definition) is 3. The summed E-state index contributed by atoms with van der Waals surface area (Å²) < 4.78 is 0. The molecule has 1 aliphatic carbocycles. The number of carbonyl (C=O) groups excluding carboxylic acids is 1. The fraction of sp³-hybridized carbons (Fsp3) is 0.611. The Kier molecular flexibility index (Phi) is 6.40. The van der Waals surface area contributed by atoms with Crippen LogP contribution in [0.4, 0.5) is 0 Å². The van der Waals surface area contributed by atoms with Gasteiger partial charge in [-0.05, 0) is 43.4 Å². The number of nitrogens with two attached hydrogens (primary N) is 1. The summed E-state index contributed by atoms with van der Waals surface area (Å²) in [5, 5.41) is 0. The normalized spacial score (nSPS) is 22.9. The lowest BCUT2D eigenvalue weighted by Gasteiger charge is -2.41. The van der Waals surface area contributed by atoms with E-state index in [2.05, 4.69) is 41.9 Å². The number of fused-ring (bicyclic) bond motifs is 1.